The second-order valence-corrected chi connectivity index (χ2v) is 12.2. The van der Waals surface area contributed by atoms with Gasteiger partial charge in [-0.1, -0.05) is 43.7 Å². The molecule has 200 valence electrons. The Balaban J connectivity index is 1.71. The summed E-state index contributed by atoms with van der Waals surface area (Å²) in [6.07, 6.45) is 12.4. The van der Waals surface area contributed by atoms with Gasteiger partial charge < -0.3 is 14.6 Å². The fourth-order valence-corrected chi connectivity index (χ4v) is 7.22. The third kappa shape index (κ3) is 5.78. The van der Waals surface area contributed by atoms with E-state index in [2.05, 4.69) is 32.6 Å². The van der Waals surface area contributed by atoms with Crippen molar-refractivity contribution in [1.29, 1.82) is 0 Å². The van der Waals surface area contributed by atoms with Gasteiger partial charge in [-0.3, -0.25) is 0 Å². The van der Waals surface area contributed by atoms with E-state index in [1.165, 1.54) is 38.5 Å². The number of methoxy groups -OCH3 is 2. The zero-order valence-electron chi connectivity index (χ0n) is 22.8. The molecular formula is C30H48F2O3. The molecule has 1 N–H and O–H groups in total. The highest BCUT2D eigenvalue weighted by Crippen LogP contribution is 2.60. The molecule has 0 spiro atoms. The van der Waals surface area contributed by atoms with Crippen LogP contribution in [-0.4, -0.2) is 43.6 Å². The van der Waals surface area contributed by atoms with Gasteiger partial charge >= 0.3 is 0 Å². The van der Waals surface area contributed by atoms with Gasteiger partial charge in [-0.05, 0) is 94.0 Å². The molecule has 0 aromatic carbocycles. The maximum Gasteiger partial charge on any atom is 0.275 e. The van der Waals surface area contributed by atoms with Crippen molar-refractivity contribution in [3.05, 3.63) is 35.5 Å². The molecule has 3 saturated carbocycles. The number of halogens is 2. The SMILES string of the molecule is C=C1[C@H](CO)C/C(=C/C=C2\CCC[C@@]3(C)C2CCC3[C@@H](C)CCC(F)(F)C(C)(C)OC)C[C@H]1OC. The Morgan fingerprint density at radius 2 is 1.91 bits per heavy atom. The van der Waals surface area contributed by atoms with E-state index < -0.39 is 11.5 Å². The smallest absolute Gasteiger partial charge is 0.275 e. The van der Waals surface area contributed by atoms with Crippen LogP contribution < -0.4 is 0 Å². The van der Waals surface area contributed by atoms with Crippen molar-refractivity contribution in [3.8, 4) is 0 Å². The number of allylic oxidation sites excluding steroid dienone is 3. The lowest BCUT2D eigenvalue weighted by molar-refractivity contribution is -0.183. The second-order valence-electron chi connectivity index (χ2n) is 12.2. The molecule has 2 unspecified atom stereocenters. The number of alkyl halides is 2. The van der Waals surface area contributed by atoms with Gasteiger partial charge in [-0.15, -0.1) is 0 Å². The van der Waals surface area contributed by atoms with E-state index in [1.807, 2.05) is 0 Å². The fraction of sp³-hybridized carbons (Fsp3) is 0.800. The summed E-state index contributed by atoms with van der Waals surface area (Å²) in [6, 6.07) is 0. The Labute approximate surface area is 212 Å². The van der Waals surface area contributed by atoms with Crippen molar-refractivity contribution in [2.24, 2.45) is 29.1 Å². The molecule has 0 aromatic heterocycles. The van der Waals surface area contributed by atoms with Gasteiger partial charge in [0.05, 0.1) is 6.10 Å². The number of ether oxygens (including phenoxy) is 2. The van der Waals surface area contributed by atoms with Crippen LogP contribution in [-0.2, 0) is 9.47 Å². The van der Waals surface area contributed by atoms with E-state index in [0.29, 0.717) is 18.3 Å². The molecule has 3 aliphatic carbocycles. The Morgan fingerprint density at radius 3 is 2.54 bits per heavy atom. The van der Waals surface area contributed by atoms with Crippen LogP contribution in [0.1, 0.15) is 85.5 Å². The molecule has 3 nitrogen and oxygen atoms in total. The molecule has 0 aromatic rings. The van der Waals surface area contributed by atoms with Crippen molar-refractivity contribution >= 4 is 0 Å². The standard InChI is InChI=1S/C30H48F2O3/c1-20(14-16-30(31,32)28(3,4)35-7)25-12-13-26-23(9-8-15-29(25,26)5)11-10-22-17-24(19-33)21(2)27(18-22)34-6/h10-11,20,24-27,33H,2,8-9,12-19H2,1,3-7H3/b22-10-,23-11+/t20-,24-,25?,26?,27+,29+/m0/s1. The molecule has 0 amide bonds. The highest BCUT2D eigenvalue weighted by molar-refractivity contribution is 5.29. The van der Waals surface area contributed by atoms with E-state index >= 15 is 0 Å². The average molecular weight is 495 g/mol. The quantitative estimate of drug-likeness (QED) is 0.337. The molecule has 5 heteroatoms. The van der Waals surface area contributed by atoms with Gasteiger partial charge in [0.15, 0.2) is 0 Å². The molecule has 0 heterocycles. The average Bonchev–Trinajstić information content (AvgIpc) is 3.19. The van der Waals surface area contributed by atoms with Crippen molar-refractivity contribution in [1.82, 2.24) is 0 Å². The number of aliphatic hydroxyl groups is 1. The first-order valence-corrected chi connectivity index (χ1v) is 13.5. The highest BCUT2D eigenvalue weighted by Gasteiger charge is 2.52. The zero-order valence-corrected chi connectivity index (χ0v) is 22.8. The normalized spacial score (nSPS) is 35.5. The summed E-state index contributed by atoms with van der Waals surface area (Å²) in [5.74, 6) is -1.51. The second kappa shape index (κ2) is 11.1. The number of rotatable bonds is 9. The van der Waals surface area contributed by atoms with Crippen LogP contribution in [0.4, 0.5) is 8.78 Å². The molecule has 0 bridgehead atoms. The summed E-state index contributed by atoms with van der Waals surface area (Å²) >= 11 is 0. The Hall–Kier alpha value is -1.04. The van der Waals surface area contributed by atoms with Gasteiger partial charge in [-0.25, -0.2) is 8.78 Å². The largest absolute Gasteiger partial charge is 0.396 e. The minimum absolute atomic E-state index is 0.0277. The predicted octanol–water partition coefficient (Wildman–Crippen LogP) is 7.51. The van der Waals surface area contributed by atoms with E-state index in [1.54, 1.807) is 7.11 Å². The van der Waals surface area contributed by atoms with E-state index in [-0.39, 0.29) is 36.4 Å². The van der Waals surface area contributed by atoms with Gasteiger partial charge in [0.1, 0.15) is 5.60 Å². The maximum absolute atomic E-state index is 14.8. The van der Waals surface area contributed by atoms with E-state index in [0.717, 1.165) is 44.1 Å². The minimum Gasteiger partial charge on any atom is -0.396 e. The van der Waals surface area contributed by atoms with Crippen LogP contribution >= 0.6 is 0 Å². The summed E-state index contributed by atoms with van der Waals surface area (Å²) in [5.41, 5.74) is 2.57. The summed E-state index contributed by atoms with van der Waals surface area (Å²) in [4.78, 5) is 0. The first-order chi connectivity index (χ1) is 16.4. The summed E-state index contributed by atoms with van der Waals surface area (Å²) in [7, 11) is 3.08. The monoisotopic (exact) mass is 494 g/mol. The molecule has 3 fully saturated rings. The van der Waals surface area contributed by atoms with Crippen LogP contribution in [0.15, 0.2) is 35.5 Å². The number of hydrogen-bond donors (Lipinski definition) is 1. The summed E-state index contributed by atoms with van der Waals surface area (Å²) in [6.45, 7) is 11.8. The summed E-state index contributed by atoms with van der Waals surface area (Å²) in [5, 5.41) is 9.79. The first kappa shape index (κ1) is 28.5. The number of hydrogen-bond acceptors (Lipinski definition) is 3. The lowest BCUT2D eigenvalue weighted by Gasteiger charge is -2.45. The topological polar surface area (TPSA) is 38.7 Å². The zero-order chi connectivity index (χ0) is 26.0. The van der Waals surface area contributed by atoms with Crippen LogP contribution in [0.25, 0.3) is 0 Å². The van der Waals surface area contributed by atoms with Crippen LogP contribution in [0.3, 0.4) is 0 Å². The molecule has 0 aliphatic heterocycles. The van der Waals surface area contributed by atoms with Crippen molar-refractivity contribution in [3.63, 3.8) is 0 Å². The van der Waals surface area contributed by atoms with Crippen LogP contribution in [0.2, 0.25) is 0 Å². The fourth-order valence-electron chi connectivity index (χ4n) is 7.22. The molecular weight excluding hydrogens is 446 g/mol. The van der Waals surface area contributed by atoms with E-state index in [4.69, 9.17) is 9.47 Å². The lowest BCUT2D eigenvalue weighted by atomic mass is 9.60. The van der Waals surface area contributed by atoms with Crippen molar-refractivity contribution < 1.29 is 23.4 Å². The highest BCUT2D eigenvalue weighted by atomic mass is 19.3. The van der Waals surface area contributed by atoms with Gasteiger partial charge in [0.25, 0.3) is 5.92 Å². The first-order valence-electron chi connectivity index (χ1n) is 13.5. The van der Waals surface area contributed by atoms with E-state index in [9.17, 15) is 13.9 Å². The van der Waals surface area contributed by atoms with Crippen LogP contribution in [0.5, 0.6) is 0 Å². The van der Waals surface area contributed by atoms with Crippen molar-refractivity contribution in [2.45, 2.75) is 103 Å². The Bertz CT molecular complexity index is 796. The third-order valence-electron chi connectivity index (χ3n) is 9.96. The summed E-state index contributed by atoms with van der Waals surface area (Å²) < 4.78 is 40.3. The molecule has 0 radical (unpaired) electrons. The molecule has 6 atom stereocenters. The Morgan fingerprint density at radius 1 is 1.20 bits per heavy atom. The van der Waals surface area contributed by atoms with Gasteiger partial charge in [0.2, 0.25) is 0 Å². The van der Waals surface area contributed by atoms with Gasteiger partial charge in [0, 0.05) is 33.2 Å². The third-order valence-corrected chi connectivity index (χ3v) is 9.96. The number of fused-ring (bicyclic) bond motifs is 1. The van der Waals surface area contributed by atoms with Crippen molar-refractivity contribution in [2.75, 3.05) is 20.8 Å². The van der Waals surface area contributed by atoms with Gasteiger partial charge in [-0.2, -0.15) is 0 Å². The molecule has 35 heavy (non-hydrogen) atoms. The molecule has 3 aliphatic rings. The molecule has 3 rings (SSSR count). The molecule has 0 saturated heterocycles. The Kier molecular flexibility index (Phi) is 9.09. The van der Waals surface area contributed by atoms with Crippen LogP contribution in [0, 0.1) is 29.1 Å². The minimum atomic E-state index is -2.84. The number of aliphatic hydroxyl groups excluding tert-OH is 1. The maximum atomic E-state index is 14.8. The predicted molar refractivity (Wildman–Crippen MR) is 139 cm³/mol. The lowest BCUT2D eigenvalue weighted by Crippen LogP contribution is -2.45.